The number of carboxylic acids is 1. The topological polar surface area (TPSA) is 90.9 Å². The van der Waals surface area contributed by atoms with Crippen molar-refractivity contribution in [3.63, 3.8) is 0 Å². The van der Waals surface area contributed by atoms with E-state index in [-0.39, 0.29) is 25.8 Å². The van der Waals surface area contributed by atoms with Gasteiger partial charge in [0.1, 0.15) is 6.61 Å². The van der Waals surface area contributed by atoms with E-state index in [1.807, 2.05) is 0 Å². The van der Waals surface area contributed by atoms with Crippen LogP contribution in [-0.4, -0.2) is 66.9 Å². The Kier molecular flexibility index (Phi) is 9.75. The van der Waals surface area contributed by atoms with Gasteiger partial charge in [-0.2, -0.15) is 0 Å². The minimum absolute atomic E-state index is 0.184. The molecule has 0 bridgehead atoms. The average molecular weight is 289 g/mol. The SMILES string of the molecule is CC(C)N(CCNC(=O)NCCOCC(=O)O)C(C)C. The number of nitrogens with one attached hydrogen (secondary N) is 2. The Morgan fingerprint density at radius 1 is 1.10 bits per heavy atom. The number of amides is 2. The van der Waals surface area contributed by atoms with Crippen LogP contribution >= 0.6 is 0 Å². The molecule has 0 rings (SSSR count). The lowest BCUT2D eigenvalue weighted by atomic mass is 10.2. The summed E-state index contributed by atoms with van der Waals surface area (Å²) in [6, 6.07) is 0.602. The van der Waals surface area contributed by atoms with Crippen LogP contribution < -0.4 is 10.6 Å². The monoisotopic (exact) mass is 289 g/mol. The van der Waals surface area contributed by atoms with Crippen molar-refractivity contribution in [1.29, 1.82) is 0 Å². The Balaban J connectivity index is 3.65. The van der Waals surface area contributed by atoms with Gasteiger partial charge in [0.15, 0.2) is 0 Å². The first-order valence-corrected chi connectivity index (χ1v) is 6.91. The highest BCUT2D eigenvalue weighted by Crippen LogP contribution is 2.02. The zero-order valence-electron chi connectivity index (χ0n) is 12.8. The van der Waals surface area contributed by atoms with Crippen molar-refractivity contribution < 1.29 is 19.4 Å². The Hall–Kier alpha value is -1.34. The van der Waals surface area contributed by atoms with Gasteiger partial charge in [-0.15, -0.1) is 0 Å². The van der Waals surface area contributed by atoms with Crippen molar-refractivity contribution >= 4 is 12.0 Å². The van der Waals surface area contributed by atoms with E-state index in [4.69, 9.17) is 9.84 Å². The molecule has 0 aliphatic rings. The predicted molar refractivity (Wildman–Crippen MR) is 76.8 cm³/mol. The number of carboxylic acid groups (broad SMARTS) is 1. The van der Waals surface area contributed by atoms with E-state index in [2.05, 4.69) is 43.2 Å². The molecule has 0 aliphatic heterocycles. The molecule has 0 heterocycles. The first-order valence-electron chi connectivity index (χ1n) is 6.91. The van der Waals surface area contributed by atoms with Crippen LogP contribution in [0.5, 0.6) is 0 Å². The number of ether oxygens (including phenoxy) is 1. The highest BCUT2D eigenvalue weighted by atomic mass is 16.5. The maximum Gasteiger partial charge on any atom is 0.329 e. The Morgan fingerprint density at radius 3 is 2.15 bits per heavy atom. The van der Waals surface area contributed by atoms with Crippen LogP contribution in [0.3, 0.4) is 0 Å². The summed E-state index contributed by atoms with van der Waals surface area (Å²) in [5.74, 6) is -1.02. The summed E-state index contributed by atoms with van der Waals surface area (Å²) in [5.41, 5.74) is 0. The number of rotatable bonds is 10. The molecule has 0 aromatic heterocycles. The van der Waals surface area contributed by atoms with Crippen LogP contribution in [0.1, 0.15) is 27.7 Å². The van der Waals surface area contributed by atoms with Crippen molar-refractivity contribution in [3.8, 4) is 0 Å². The maximum absolute atomic E-state index is 11.4. The first kappa shape index (κ1) is 18.7. The largest absolute Gasteiger partial charge is 0.480 e. The van der Waals surface area contributed by atoms with Gasteiger partial charge in [-0.3, -0.25) is 4.90 Å². The summed E-state index contributed by atoms with van der Waals surface area (Å²) in [6.45, 7) is 9.98. The first-order chi connectivity index (χ1) is 9.34. The van der Waals surface area contributed by atoms with E-state index in [1.165, 1.54) is 0 Å². The minimum atomic E-state index is -1.02. The molecule has 0 aromatic carbocycles. The molecule has 118 valence electrons. The second-order valence-corrected chi connectivity index (χ2v) is 5.05. The molecule has 0 saturated carbocycles. The molecule has 7 nitrogen and oxygen atoms in total. The van der Waals surface area contributed by atoms with Crippen molar-refractivity contribution in [2.24, 2.45) is 0 Å². The lowest BCUT2D eigenvalue weighted by Gasteiger charge is -2.30. The molecule has 3 N–H and O–H groups in total. The van der Waals surface area contributed by atoms with Crippen LogP contribution in [0.25, 0.3) is 0 Å². The van der Waals surface area contributed by atoms with E-state index in [0.29, 0.717) is 18.6 Å². The van der Waals surface area contributed by atoms with Crippen molar-refractivity contribution in [3.05, 3.63) is 0 Å². The van der Waals surface area contributed by atoms with E-state index in [1.54, 1.807) is 0 Å². The van der Waals surface area contributed by atoms with Gasteiger partial charge >= 0.3 is 12.0 Å². The second-order valence-electron chi connectivity index (χ2n) is 5.05. The van der Waals surface area contributed by atoms with E-state index < -0.39 is 5.97 Å². The smallest absolute Gasteiger partial charge is 0.329 e. The highest BCUT2D eigenvalue weighted by molar-refractivity contribution is 5.73. The normalized spacial score (nSPS) is 11.2. The van der Waals surface area contributed by atoms with Crippen LogP contribution in [-0.2, 0) is 9.53 Å². The number of carbonyl (C=O) groups is 2. The molecule has 7 heteroatoms. The van der Waals surface area contributed by atoms with Crippen molar-refractivity contribution in [1.82, 2.24) is 15.5 Å². The Morgan fingerprint density at radius 2 is 1.65 bits per heavy atom. The van der Waals surface area contributed by atoms with Crippen LogP contribution in [0.2, 0.25) is 0 Å². The molecule has 0 spiro atoms. The number of hydrogen-bond acceptors (Lipinski definition) is 4. The second kappa shape index (κ2) is 10.4. The molecule has 0 aromatic rings. The summed E-state index contributed by atoms with van der Waals surface area (Å²) in [6.07, 6.45) is 0. The Bertz CT molecular complexity index is 287. The minimum Gasteiger partial charge on any atom is -0.480 e. The highest BCUT2D eigenvalue weighted by Gasteiger charge is 2.12. The standard InChI is InChI=1S/C13H27N3O4/c1-10(2)16(11(3)4)7-5-14-13(19)15-6-8-20-9-12(17)18/h10-11H,5-9H2,1-4H3,(H,17,18)(H2,14,15,19). The van der Waals surface area contributed by atoms with Gasteiger partial charge in [0.25, 0.3) is 0 Å². The Labute approximate surface area is 120 Å². The average Bonchev–Trinajstić information content (AvgIpc) is 2.32. The number of carbonyl (C=O) groups excluding carboxylic acids is 1. The summed E-state index contributed by atoms with van der Waals surface area (Å²) < 4.78 is 4.80. The molecule has 20 heavy (non-hydrogen) atoms. The predicted octanol–water partition coefficient (Wildman–Crippen LogP) is 0.506. The maximum atomic E-state index is 11.4. The van der Waals surface area contributed by atoms with E-state index in [0.717, 1.165) is 6.54 Å². The van der Waals surface area contributed by atoms with Crippen molar-refractivity contribution in [2.75, 3.05) is 32.8 Å². The zero-order chi connectivity index (χ0) is 15.5. The third-order valence-electron chi connectivity index (χ3n) is 2.74. The van der Waals surface area contributed by atoms with E-state index in [9.17, 15) is 9.59 Å². The third kappa shape index (κ3) is 9.57. The molecular formula is C13H27N3O4. The lowest BCUT2D eigenvalue weighted by molar-refractivity contribution is -0.142. The van der Waals surface area contributed by atoms with Crippen LogP contribution in [0, 0.1) is 0 Å². The van der Waals surface area contributed by atoms with Gasteiger partial charge in [0.2, 0.25) is 0 Å². The summed E-state index contributed by atoms with van der Waals surface area (Å²) in [4.78, 5) is 23.9. The third-order valence-corrected chi connectivity index (χ3v) is 2.74. The van der Waals surface area contributed by atoms with Crippen molar-refractivity contribution in [2.45, 2.75) is 39.8 Å². The van der Waals surface area contributed by atoms with Gasteiger partial charge in [0.05, 0.1) is 6.61 Å². The molecule has 0 atom stereocenters. The molecule has 0 saturated heterocycles. The molecule has 0 unspecified atom stereocenters. The number of aliphatic carboxylic acids is 1. The van der Waals surface area contributed by atoms with Gasteiger partial charge in [-0.05, 0) is 27.7 Å². The van der Waals surface area contributed by atoms with Crippen LogP contribution in [0.4, 0.5) is 4.79 Å². The molecule has 2 amide bonds. The molecule has 0 aliphatic carbocycles. The van der Waals surface area contributed by atoms with Gasteiger partial charge in [0, 0.05) is 31.7 Å². The summed E-state index contributed by atoms with van der Waals surface area (Å²) in [7, 11) is 0. The fraction of sp³-hybridized carbons (Fsp3) is 0.846. The number of nitrogens with zero attached hydrogens (tertiary/aromatic N) is 1. The van der Waals surface area contributed by atoms with Gasteiger partial charge in [-0.25, -0.2) is 9.59 Å². The quantitative estimate of drug-likeness (QED) is 0.510. The molecular weight excluding hydrogens is 262 g/mol. The fourth-order valence-electron chi connectivity index (χ4n) is 1.87. The molecule has 0 radical (unpaired) electrons. The van der Waals surface area contributed by atoms with Gasteiger partial charge < -0.3 is 20.5 Å². The summed E-state index contributed by atoms with van der Waals surface area (Å²) >= 11 is 0. The lowest BCUT2D eigenvalue weighted by Crippen LogP contribution is -2.45. The summed E-state index contributed by atoms with van der Waals surface area (Å²) in [5, 5.41) is 13.7. The number of urea groups is 1. The number of hydrogen-bond donors (Lipinski definition) is 3. The van der Waals surface area contributed by atoms with Crippen LogP contribution in [0.15, 0.2) is 0 Å². The fourth-order valence-corrected chi connectivity index (χ4v) is 1.87. The van der Waals surface area contributed by atoms with Gasteiger partial charge in [-0.1, -0.05) is 0 Å². The zero-order valence-corrected chi connectivity index (χ0v) is 12.8. The molecule has 0 fully saturated rings. The van der Waals surface area contributed by atoms with E-state index >= 15 is 0 Å².